The van der Waals surface area contributed by atoms with Crippen molar-refractivity contribution in [1.82, 2.24) is 4.90 Å². The number of hydrogen-bond donors (Lipinski definition) is 1. The van der Waals surface area contributed by atoms with Crippen LogP contribution in [0.1, 0.15) is 13.3 Å². The molecule has 14 heavy (non-hydrogen) atoms. The Balaban J connectivity index is 2.45. The largest absolute Gasteiger partial charge is 0.464 e. The Morgan fingerprint density at radius 3 is 2.93 bits per heavy atom. The normalized spacial score (nSPS) is 23.6. The smallest absolute Gasteiger partial charge is 0.323 e. The van der Waals surface area contributed by atoms with Gasteiger partial charge in [0.05, 0.1) is 11.6 Å². The molecule has 1 fully saturated rings. The van der Waals surface area contributed by atoms with Gasteiger partial charge >= 0.3 is 5.97 Å². The molecule has 1 aliphatic rings. The quantitative estimate of drug-likeness (QED) is 0.536. The molecule has 4 nitrogen and oxygen atoms in total. The number of carbonyl (C=O) groups excluding carboxylic acids is 1. The van der Waals surface area contributed by atoms with E-state index in [-0.39, 0.29) is 17.9 Å². The number of carbonyl (C=O) groups is 1. The van der Waals surface area contributed by atoms with Crippen LogP contribution in [0.5, 0.6) is 0 Å². The zero-order valence-corrected chi connectivity index (χ0v) is 9.34. The highest BCUT2D eigenvalue weighted by Gasteiger charge is 2.30. The van der Waals surface area contributed by atoms with E-state index >= 15 is 0 Å². The van der Waals surface area contributed by atoms with Crippen LogP contribution < -0.4 is 5.73 Å². The number of ether oxygens (including phenoxy) is 1. The maximum absolute atomic E-state index is 11.2. The first-order chi connectivity index (χ1) is 6.52. The van der Waals surface area contributed by atoms with Crippen LogP contribution in [0.25, 0.3) is 0 Å². The molecule has 80 valence electrons. The molecule has 1 aliphatic heterocycles. The van der Waals surface area contributed by atoms with Crippen LogP contribution in [0.15, 0.2) is 0 Å². The molecule has 0 bridgehead atoms. The van der Waals surface area contributed by atoms with Crippen LogP contribution in [0.3, 0.4) is 0 Å². The van der Waals surface area contributed by atoms with Crippen LogP contribution in [-0.4, -0.2) is 42.1 Å². The fraction of sp³-hybridized carbons (Fsp3) is 0.778. The van der Waals surface area contributed by atoms with Gasteiger partial charge in [0.1, 0.15) is 6.04 Å². The van der Waals surface area contributed by atoms with Crippen LogP contribution in [0, 0.1) is 5.92 Å². The van der Waals surface area contributed by atoms with Gasteiger partial charge in [0.25, 0.3) is 0 Å². The highest BCUT2D eigenvalue weighted by Crippen LogP contribution is 2.13. The van der Waals surface area contributed by atoms with E-state index < -0.39 is 0 Å². The Labute approximate surface area is 89.4 Å². The standard InChI is InChI=1S/C9H16N2O2S/c1-6(8(10)14)5-11(2)7-3-4-13-9(7)12/h6-7H,3-5H2,1-2H3,(H2,10,14). The Kier molecular flexibility index (Phi) is 3.83. The van der Waals surface area contributed by atoms with Gasteiger partial charge in [-0.2, -0.15) is 0 Å². The fourth-order valence-electron chi connectivity index (χ4n) is 1.53. The van der Waals surface area contributed by atoms with Gasteiger partial charge in [-0.1, -0.05) is 19.1 Å². The monoisotopic (exact) mass is 216 g/mol. The molecular weight excluding hydrogens is 200 g/mol. The third-order valence-electron chi connectivity index (χ3n) is 2.49. The average Bonchev–Trinajstić information content (AvgIpc) is 2.51. The van der Waals surface area contributed by atoms with E-state index in [1.54, 1.807) is 0 Å². The minimum atomic E-state index is -0.136. The van der Waals surface area contributed by atoms with Crippen molar-refractivity contribution in [3.8, 4) is 0 Å². The van der Waals surface area contributed by atoms with Crippen molar-refractivity contribution in [2.75, 3.05) is 20.2 Å². The fourth-order valence-corrected chi connectivity index (χ4v) is 1.61. The summed E-state index contributed by atoms with van der Waals surface area (Å²) in [5.74, 6) is -0.00830. The van der Waals surface area contributed by atoms with Crippen LogP contribution in [0.2, 0.25) is 0 Å². The molecule has 0 spiro atoms. The van der Waals surface area contributed by atoms with E-state index in [2.05, 4.69) is 0 Å². The van der Waals surface area contributed by atoms with Crippen molar-refractivity contribution in [1.29, 1.82) is 0 Å². The molecule has 5 heteroatoms. The van der Waals surface area contributed by atoms with Crippen molar-refractivity contribution in [2.45, 2.75) is 19.4 Å². The average molecular weight is 216 g/mol. The Hall–Kier alpha value is -0.680. The molecule has 1 rings (SSSR count). The first kappa shape index (κ1) is 11.4. The molecule has 1 heterocycles. The van der Waals surface area contributed by atoms with E-state index in [9.17, 15) is 4.79 Å². The van der Waals surface area contributed by atoms with Gasteiger partial charge in [0, 0.05) is 18.9 Å². The summed E-state index contributed by atoms with van der Waals surface area (Å²) in [6.45, 7) is 3.18. The Morgan fingerprint density at radius 2 is 2.50 bits per heavy atom. The summed E-state index contributed by atoms with van der Waals surface area (Å²) in [4.78, 5) is 13.7. The summed E-state index contributed by atoms with van der Waals surface area (Å²) in [5.41, 5.74) is 5.51. The molecule has 0 aromatic heterocycles. The van der Waals surface area contributed by atoms with Crippen molar-refractivity contribution in [3.05, 3.63) is 0 Å². The third-order valence-corrected chi connectivity index (χ3v) is 2.89. The van der Waals surface area contributed by atoms with Crippen molar-refractivity contribution in [3.63, 3.8) is 0 Å². The number of likely N-dealkylation sites (N-methyl/N-ethyl adjacent to an activating group) is 1. The maximum atomic E-state index is 11.2. The topological polar surface area (TPSA) is 55.6 Å². The molecule has 0 amide bonds. The predicted molar refractivity (Wildman–Crippen MR) is 57.9 cm³/mol. The predicted octanol–water partition coefficient (Wildman–Crippen LogP) is 0.156. The summed E-state index contributed by atoms with van der Waals surface area (Å²) < 4.78 is 4.88. The summed E-state index contributed by atoms with van der Waals surface area (Å²) in [7, 11) is 1.89. The van der Waals surface area contributed by atoms with Crippen molar-refractivity contribution in [2.24, 2.45) is 11.7 Å². The molecule has 2 unspecified atom stereocenters. The van der Waals surface area contributed by atoms with Crippen LogP contribution >= 0.6 is 12.2 Å². The summed E-state index contributed by atoms with van der Waals surface area (Å²) >= 11 is 4.88. The van der Waals surface area contributed by atoms with Gasteiger partial charge in [-0.25, -0.2) is 0 Å². The lowest BCUT2D eigenvalue weighted by Crippen LogP contribution is -2.40. The first-order valence-corrected chi connectivity index (χ1v) is 5.09. The molecule has 2 atom stereocenters. The van der Waals surface area contributed by atoms with Gasteiger partial charge in [-0.05, 0) is 7.05 Å². The summed E-state index contributed by atoms with van der Waals surface area (Å²) in [6.07, 6.45) is 0.763. The molecule has 0 aromatic carbocycles. The van der Waals surface area contributed by atoms with Crippen molar-refractivity contribution >= 4 is 23.2 Å². The number of thiocarbonyl (C=S) groups is 1. The van der Waals surface area contributed by atoms with Gasteiger partial charge in [0.2, 0.25) is 0 Å². The number of cyclic esters (lactones) is 1. The second kappa shape index (κ2) is 4.70. The second-order valence-electron chi connectivity index (χ2n) is 3.71. The number of hydrogen-bond acceptors (Lipinski definition) is 4. The lowest BCUT2D eigenvalue weighted by Gasteiger charge is -2.23. The molecule has 0 saturated carbocycles. The number of nitrogens with zero attached hydrogens (tertiary/aromatic N) is 1. The molecule has 0 aromatic rings. The number of rotatable bonds is 4. The molecular formula is C9H16N2O2S. The van der Waals surface area contributed by atoms with Crippen LogP contribution in [-0.2, 0) is 9.53 Å². The minimum absolute atomic E-state index is 0.119. The lowest BCUT2D eigenvalue weighted by atomic mass is 10.1. The molecule has 1 saturated heterocycles. The first-order valence-electron chi connectivity index (χ1n) is 4.68. The van der Waals surface area contributed by atoms with Gasteiger partial charge in [-0.15, -0.1) is 0 Å². The van der Waals surface area contributed by atoms with Gasteiger partial charge < -0.3 is 10.5 Å². The SMILES string of the molecule is CC(CN(C)C1CCOC1=O)C(N)=S. The number of esters is 1. The van der Waals surface area contributed by atoms with E-state index in [1.807, 2.05) is 18.9 Å². The highest BCUT2D eigenvalue weighted by molar-refractivity contribution is 7.80. The van der Waals surface area contributed by atoms with Gasteiger partial charge in [0.15, 0.2) is 0 Å². The zero-order valence-electron chi connectivity index (χ0n) is 8.53. The summed E-state index contributed by atoms with van der Waals surface area (Å²) in [5, 5.41) is 0. The highest BCUT2D eigenvalue weighted by atomic mass is 32.1. The molecule has 0 aliphatic carbocycles. The minimum Gasteiger partial charge on any atom is -0.464 e. The van der Waals surface area contributed by atoms with E-state index in [0.717, 1.165) is 6.42 Å². The van der Waals surface area contributed by atoms with E-state index in [1.165, 1.54) is 0 Å². The van der Waals surface area contributed by atoms with Crippen molar-refractivity contribution < 1.29 is 9.53 Å². The molecule has 2 N–H and O–H groups in total. The van der Waals surface area contributed by atoms with E-state index in [4.69, 9.17) is 22.7 Å². The Morgan fingerprint density at radius 1 is 1.86 bits per heavy atom. The molecule has 0 radical (unpaired) electrons. The van der Waals surface area contributed by atoms with Crippen LogP contribution in [0.4, 0.5) is 0 Å². The lowest BCUT2D eigenvalue weighted by molar-refractivity contribution is -0.142. The third kappa shape index (κ3) is 2.65. The second-order valence-corrected chi connectivity index (χ2v) is 4.19. The number of nitrogens with two attached hydrogens (primary N) is 1. The Bertz CT molecular complexity index is 245. The zero-order chi connectivity index (χ0) is 10.7. The van der Waals surface area contributed by atoms with Gasteiger partial charge in [-0.3, -0.25) is 9.69 Å². The summed E-state index contributed by atoms with van der Waals surface area (Å²) in [6, 6.07) is -0.119. The maximum Gasteiger partial charge on any atom is 0.323 e. The van der Waals surface area contributed by atoms with E-state index in [0.29, 0.717) is 18.1 Å².